The molecule has 6 nitrogen and oxygen atoms in total. The quantitative estimate of drug-likeness (QED) is 0.632. The van der Waals surface area contributed by atoms with Crippen LogP contribution < -0.4 is 0 Å². The summed E-state index contributed by atoms with van der Waals surface area (Å²) in [5.74, 6) is 1.36. The second-order valence-corrected chi connectivity index (χ2v) is 8.35. The topological polar surface area (TPSA) is 63.9 Å². The summed E-state index contributed by atoms with van der Waals surface area (Å²) in [6.07, 6.45) is 11.0. The molecule has 0 saturated heterocycles. The summed E-state index contributed by atoms with van der Waals surface area (Å²) in [7, 11) is 0. The molecule has 0 N–H and O–H groups in total. The van der Waals surface area contributed by atoms with E-state index < -0.39 is 0 Å². The van der Waals surface area contributed by atoms with Crippen LogP contribution in [0, 0.1) is 0 Å². The molecule has 2 aliphatic rings. The Labute approximate surface area is 176 Å². The third-order valence-corrected chi connectivity index (χ3v) is 6.48. The first-order valence-electron chi connectivity index (χ1n) is 10.4. The van der Waals surface area contributed by atoms with Crippen LogP contribution in [0.5, 0.6) is 0 Å². The molecule has 7 heteroatoms. The second-order valence-electron chi connectivity index (χ2n) is 7.41. The number of hydrogen-bond acceptors (Lipinski definition) is 5. The number of rotatable bonds is 7. The third kappa shape index (κ3) is 4.15. The van der Waals surface area contributed by atoms with E-state index in [9.17, 15) is 4.79 Å². The standard InChI is InChI=1S/C22H27N5OS/c1-3-11-27-21(18-6-5-10-23-14-18)24-25-22(27)29-15-20(28)26-12-9-17-13-16(4-2)7-8-19(17)26/h5-6,10,13-14H,3-4,7-9,11-12,15H2,1-2H3. The maximum atomic E-state index is 13.0. The van der Waals surface area contributed by atoms with Gasteiger partial charge in [0.25, 0.3) is 0 Å². The molecule has 0 aromatic carbocycles. The lowest BCUT2D eigenvalue weighted by molar-refractivity contribution is -0.126. The molecule has 4 rings (SSSR count). The van der Waals surface area contributed by atoms with E-state index in [0.717, 1.165) is 61.7 Å². The Morgan fingerprint density at radius 3 is 2.86 bits per heavy atom. The monoisotopic (exact) mass is 409 g/mol. The minimum absolute atomic E-state index is 0.169. The van der Waals surface area contributed by atoms with Crippen LogP contribution in [0.3, 0.4) is 0 Å². The molecule has 2 aromatic rings. The Bertz CT molecular complexity index is 947. The summed E-state index contributed by atoms with van der Waals surface area (Å²) in [5.41, 5.74) is 5.04. The molecule has 1 aliphatic carbocycles. The summed E-state index contributed by atoms with van der Waals surface area (Å²) < 4.78 is 2.10. The molecular weight excluding hydrogens is 382 g/mol. The van der Waals surface area contributed by atoms with E-state index in [1.54, 1.807) is 12.4 Å². The van der Waals surface area contributed by atoms with E-state index >= 15 is 0 Å². The molecule has 152 valence electrons. The fourth-order valence-corrected chi connectivity index (χ4v) is 4.86. The average molecular weight is 410 g/mol. The van der Waals surface area contributed by atoms with Crippen molar-refractivity contribution >= 4 is 17.7 Å². The molecule has 0 radical (unpaired) electrons. The third-order valence-electron chi connectivity index (χ3n) is 5.53. The molecule has 0 saturated carbocycles. The van der Waals surface area contributed by atoms with Gasteiger partial charge >= 0.3 is 0 Å². The van der Waals surface area contributed by atoms with Gasteiger partial charge in [-0.15, -0.1) is 10.2 Å². The van der Waals surface area contributed by atoms with Crippen LogP contribution in [0.25, 0.3) is 11.4 Å². The molecule has 0 spiro atoms. The lowest BCUT2D eigenvalue weighted by atomic mass is 9.95. The van der Waals surface area contributed by atoms with Crippen LogP contribution in [0.4, 0.5) is 0 Å². The summed E-state index contributed by atoms with van der Waals surface area (Å²) in [4.78, 5) is 19.1. The van der Waals surface area contributed by atoms with Gasteiger partial charge in [-0.25, -0.2) is 0 Å². The number of carbonyl (C=O) groups excluding carboxylic acids is 1. The smallest absolute Gasteiger partial charge is 0.237 e. The summed E-state index contributed by atoms with van der Waals surface area (Å²) >= 11 is 1.48. The zero-order valence-corrected chi connectivity index (χ0v) is 17.9. The lowest BCUT2D eigenvalue weighted by Gasteiger charge is -2.23. The van der Waals surface area contributed by atoms with Gasteiger partial charge in [-0.1, -0.05) is 37.3 Å². The molecule has 29 heavy (non-hydrogen) atoms. The largest absolute Gasteiger partial charge is 0.315 e. The molecule has 0 unspecified atom stereocenters. The summed E-state index contributed by atoms with van der Waals surface area (Å²) in [6, 6.07) is 3.89. The van der Waals surface area contributed by atoms with Gasteiger partial charge in [0.05, 0.1) is 5.75 Å². The minimum atomic E-state index is 0.169. The van der Waals surface area contributed by atoms with Crippen molar-refractivity contribution in [3.63, 3.8) is 0 Å². The van der Waals surface area contributed by atoms with E-state index in [0.29, 0.717) is 5.75 Å². The maximum Gasteiger partial charge on any atom is 0.237 e. The highest BCUT2D eigenvalue weighted by Crippen LogP contribution is 2.35. The maximum absolute atomic E-state index is 13.0. The van der Waals surface area contributed by atoms with Gasteiger partial charge in [0, 0.05) is 36.7 Å². The number of aromatic nitrogens is 4. The van der Waals surface area contributed by atoms with Gasteiger partial charge < -0.3 is 9.47 Å². The van der Waals surface area contributed by atoms with E-state index in [1.807, 2.05) is 17.0 Å². The van der Waals surface area contributed by atoms with Crippen molar-refractivity contribution in [3.8, 4) is 11.4 Å². The van der Waals surface area contributed by atoms with Crippen molar-refractivity contribution in [1.29, 1.82) is 0 Å². The van der Waals surface area contributed by atoms with Crippen LogP contribution in [-0.4, -0.2) is 42.9 Å². The van der Waals surface area contributed by atoms with Crippen molar-refractivity contribution in [3.05, 3.63) is 47.4 Å². The highest BCUT2D eigenvalue weighted by atomic mass is 32.2. The van der Waals surface area contributed by atoms with Gasteiger partial charge in [0.2, 0.25) is 5.91 Å². The van der Waals surface area contributed by atoms with Crippen LogP contribution in [0.1, 0.15) is 46.0 Å². The average Bonchev–Trinajstić information content (AvgIpc) is 3.36. The van der Waals surface area contributed by atoms with E-state index in [1.165, 1.54) is 28.6 Å². The first kappa shape index (κ1) is 19.9. The Balaban J connectivity index is 1.47. The van der Waals surface area contributed by atoms with Crippen molar-refractivity contribution in [2.45, 2.75) is 57.7 Å². The molecule has 1 amide bonds. The predicted molar refractivity (Wildman–Crippen MR) is 115 cm³/mol. The molecule has 0 bridgehead atoms. The fourth-order valence-electron chi connectivity index (χ4n) is 4.02. The zero-order valence-electron chi connectivity index (χ0n) is 17.1. The Kier molecular flexibility index (Phi) is 6.13. The molecule has 0 fully saturated rings. The number of amides is 1. The van der Waals surface area contributed by atoms with E-state index in [2.05, 4.69) is 39.7 Å². The van der Waals surface area contributed by atoms with Crippen LogP contribution in [-0.2, 0) is 11.3 Å². The van der Waals surface area contributed by atoms with E-state index in [-0.39, 0.29) is 5.91 Å². The predicted octanol–water partition coefficient (Wildman–Crippen LogP) is 4.46. The summed E-state index contributed by atoms with van der Waals surface area (Å²) in [5, 5.41) is 9.54. The highest BCUT2D eigenvalue weighted by Gasteiger charge is 2.28. The Morgan fingerprint density at radius 1 is 1.21 bits per heavy atom. The number of nitrogens with zero attached hydrogens (tertiary/aromatic N) is 5. The van der Waals surface area contributed by atoms with Crippen LogP contribution in [0.15, 0.2) is 52.6 Å². The first-order valence-corrected chi connectivity index (χ1v) is 11.4. The lowest BCUT2D eigenvalue weighted by Crippen LogP contribution is -2.30. The number of thioether (sulfide) groups is 1. The molecule has 1 aliphatic heterocycles. The number of pyridine rings is 1. The molecule has 2 aromatic heterocycles. The highest BCUT2D eigenvalue weighted by molar-refractivity contribution is 7.99. The minimum Gasteiger partial charge on any atom is -0.315 e. The molecule has 0 atom stereocenters. The van der Waals surface area contributed by atoms with Crippen molar-refractivity contribution in [1.82, 2.24) is 24.6 Å². The number of hydrogen-bond donors (Lipinski definition) is 0. The van der Waals surface area contributed by atoms with Crippen molar-refractivity contribution in [2.24, 2.45) is 0 Å². The van der Waals surface area contributed by atoms with Crippen LogP contribution in [0.2, 0.25) is 0 Å². The second kappa shape index (κ2) is 8.95. The van der Waals surface area contributed by atoms with Gasteiger partial charge in [-0.3, -0.25) is 9.78 Å². The molecular formula is C22H27N5OS. The molecule has 3 heterocycles. The van der Waals surface area contributed by atoms with Gasteiger partial charge in [-0.2, -0.15) is 0 Å². The Hall–Kier alpha value is -2.41. The van der Waals surface area contributed by atoms with Gasteiger partial charge in [0.15, 0.2) is 11.0 Å². The summed E-state index contributed by atoms with van der Waals surface area (Å²) in [6.45, 7) is 5.96. The zero-order chi connectivity index (χ0) is 20.2. The van der Waals surface area contributed by atoms with Crippen molar-refractivity contribution in [2.75, 3.05) is 12.3 Å². The Morgan fingerprint density at radius 2 is 2.10 bits per heavy atom. The number of carbonyl (C=O) groups is 1. The fraction of sp³-hybridized carbons (Fsp3) is 0.455. The normalized spacial score (nSPS) is 16.2. The van der Waals surface area contributed by atoms with Gasteiger partial charge in [0.1, 0.15) is 0 Å². The SMILES string of the molecule is CCCn1c(SCC(=O)N2CCC3=C2CCC(CC)=C3)nnc1-c1cccnc1. The van der Waals surface area contributed by atoms with Crippen molar-refractivity contribution < 1.29 is 4.79 Å². The van der Waals surface area contributed by atoms with Crippen LogP contribution >= 0.6 is 11.8 Å². The number of allylic oxidation sites excluding steroid dienone is 3. The van der Waals surface area contributed by atoms with Gasteiger partial charge in [-0.05, 0) is 49.8 Å². The van der Waals surface area contributed by atoms with E-state index in [4.69, 9.17) is 0 Å². The first-order chi connectivity index (χ1) is 14.2.